The highest BCUT2D eigenvalue weighted by Gasteiger charge is 2.41. The molecule has 13 nitrogen and oxygen atoms in total. The standard InChI is InChI=1S/C36H41FN6O7/c1-36(2,3)50-35(47)42-16-14-41(15-17-42)13-6-18-48-24-9-10-27-26(20-24)25(11-12-38-27)33(46)39-21-31(44)43-22-23(37)19-29(43)32(45)34-40-28-7-4-5-8-30(28)49-34/h4-5,7-12,20,23,29H,6,13-19,21-22H2,1-3H3,(H,39,46)/t23-,29-/m0/s1. The van der Waals surface area contributed by atoms with Gasteiger partial charge in [0.25, 0.3) is 11.8 Å². The van der Waals surface area contributed by atoms with Gasteiger partial charge < -0.3 is 29.0 Å². The maximum atomic E-state index is 14.5. The Kier molecular flexibility index (Phi) is 10.3. The molecule has 264 valence electrons. The number of piperazine rings is 1. The second kappa shape index (κ2) is 14.8. The van der Waals surface area contributed by atoms with E-state index in [1.807, 2.05) is 20.8 Å². The minimum absolute atomic E-state index is 0.181. The van der Waals surface area contributed by atoms with Crippen LogP contribution in [0.15, 0.2) is 59.1 Å². The molecule has 6 rings (SSSR count). The molecule has 3 amide bonds. The number of Topliss-reactive ketones (excluding diaryl/α,β-unsaturated/α-hetero) is 1. The Labute approximate surface area is 288 Å². The van der Waals surface area contributed by atoms with Crippen LogP contribution in [0.1, 0.15) is 54.7 Å². The number of hydrogen-bond acceptors (Lipinski definition) is 10. The van der Waals surface area contributed by atoms with Crippen LogP contribution in [-0.4, -0.2) is 119 Å². The van der Waals surface area contributed by atoms with E-state index in [0.717, 1.165) is 31.0 Å². The van der Waals surface area contributed by atoms with Crippen molar-refractivity contribution in [2.24, 2.45) is 0 Å². The zero-order chi connectivity index (χ0) is 35.4. The van der Waals surface area contributed by atoms with Crippen LogP contribution in [0.2, 0.25) is 0 Å². The van der Waals surface area contributed by atoms with E-state index in [9.17, 15) is 23.6 Å². The number of amides is 3. The van der Waals surface area contributed by atoms with E-state index in [1.165, 1.54) is 6.20 Å². The third kappa shape index (κ3) is 8.19. The smallest absolute Gasteiger partial charge is 0.410 e. The SMILES string of the molecule is CC(C)(C)OC(=O)N1CCN(CCCOc2ccc3nccc(C(=O)NCC(=O)N4C[C@@H](F)C[C@H]4C(=O)c4nc5ccccc5o4)c3c2)CC1. The zero-order valence-electron chi connectivity index (χ0n) is 28.4. The summed E-state index contributed by atoms with van der Waals surface area (Å²) in [6.45, 7) is 8.84. The van der Waals surface area contributed by atoms with E-state index in [0.29, 0.717) is 53.0 Å². The Morgan fingerprint density at radius 2 is 1.80 bits per heavy atom. The van der Waals surface area contributed by atoms with Crippen LogP contribution in [0.3, 0.4) is 0 Å². The number of rotatable bonds is 10. The molecule has 2 aliphatic heterocycles. The largest absolute Gasteiger partial charge is 0.494 e. The molecule has 0 aliphatic carbocycles. The molecule has 2 aromatic heterocycles. The van der Waals surface area contributed by atoms with Crippen LogP contribution in [0.4, 0.5) is 9.18 Å². The number of carbonyl (C=O) groups is 4. The number of ether oxygens (including phenoxy) is 2. The third-order valence-corrected chi connectivity index (χ3v) is 8.65. The van der Waals surface area contributed by atoms with Crippen molar-refractivity contribution >= 4 is 45.7 Å². The Balaban J connectivity index is 1.01. The van der Waals surface area contributed by atoms with Crippen LogP contribution < -0.4 is 10.1 Å². The van der Waals surface area contributed by atoms with Crippen LogP contribution >= 0.6 is 0 Å². The Hall–Kier alpha value is -5.11. The van der Waals surface area contributed by atoms with Gasteiger partial charge in [-0.15, -0.1) is 0 Å². The number of carbonyl (C=O) groups excluding carboxylic acids is 4. The number of aromatic nitrogens is 2. The number of oxazole rings is 1. The van der Waals surface area contributed by atoms with Gasteiger partial charge in [-0.05, 0) is 63.6 Å². The van der Waals surface area contributed by atoms with Crippen molar-refractivity contribution in [1.82, 2.24) is 30.0 Å². The number of nitrogens with one attached hydrogen (secondary N) is 1. The fourth-order valence-corrected chi connectivity index (χ4v) is 6.15. The third-order valence-electron chi connectivity index (χ3n) is 8.65. The summed E-state index contributed by atoms with van der Waals surface area (Å²) in [4.78, 5) is 65.8. The highest BCUT2D eigenvalue weighted by molar-refractivity contribution is 6.07. The minimum atomic E-state index is -1.40. The first kappa shape index (κ1) is 34.7. The number of hydrogen-bond donors (Lipinski definition) is 1. The average Bonchev–Trinajstić information content (AvgIpc) is 3.71. The van der Waals surface area contributed by atoms with Crippen molar-refractivity contribution in [3.8, 4) is 5.75 Å². The monoisotopic (exact) mass is 688 g/mol. The fourth-order valence-electron chi connectivity index (χ4n) is 6.15. The molecule has 2 saturated heterocycles. The predicted molar refractivity (Wildman–Crippen MR) is 182 cm³/mol. The van der Waals surface area contributed by atoms with E-state index in [2.05, 4.69) is 20.2 Å². The average molecular weight is 689 g/mol. The van der Waals surface area contributed by atoms with Crippen molar-refractivity contribution in [3.05, 3.63) is 66.2 Å². The number of nitrogens with zero attached hydrogens (tertiary/aromatic N) is 5. The molecule has 4 aromatic rings. The quantitative estimate of drug-likeness (QED) is 0.190. The van der Waals surface area contributed by atoms with E-state index in [4.69, 9.17) is 13.9 Å². The molecule has 0 saturated carbocycles. The van der Waals surface area contributed by atoms with Gasteiger partial charge in [-0.3, -0.25) is 24.3 Å². The maximum absolute atomic E-state index is 14.5. The summed E-state index contributed by atoms with van der Waals surface area (Å²) in [7, 11) is 0. The summed E-state index contributed by atoms with van der Waals surface area (Å²) in [5.74, 6) is -1.33. The number of ketones is 1. The highest BCUT2D eigenvalue weighted by atomic mass is 19.1. The van der Waals surface area contributed by atoms with Crippen molar-refractivity contribution in [3.63, 3.8) is 0 Å². The second-order valence-corrected chi connectivity index (χ2v) is 13.5. The first-order valence-electron chi connectivity index (χ1n) is 16.8. The van der Waals surface area contributed by atoms with Crippen molar-refractivity contribution < 1.29 is 37.5 Å². The van der Waals surface area contributed by atoms with Gasteiger partial charge in [0.2, 0.25) is 11.7 Å². The summed E-state index contributed by atoms with van der Waals surface area (Å²) in [5, 5.41) is 3.17. The van der Waals surface area contributed by atoms with E-state index >= 15 is 0 Å². The van der Waals surface area contributed by atoms with E-state index in [1.54, 1.807) is 53.4 Å². The summed E-state index contributed by atoms with van der Waals surface area (Å²) in [6, 6.07) is 12.6. The van der Waals surface area contributed by atoms with Gasteiger partial charge in [0, 0.05) is 50.7 Å². The molecular formula is C36H41FN6O7. The number of fused-ring (bicyclic) bond motifs is 2. The maximum Gasteiger partial charge on any atom is 0.410 e. The van der Waals surface area contributed by atoms with Gasteiger partial charge in [-0.1, -0.05) is 12.1 Å². The molecule has 2 aromatic carbocycles. The van der Waals surface area contributed by atoms with Crippen molar-refractivity contribution in [1.29, 1.82) is 0 Å². The summed E-state index contributed by atoms with van der Waals surface area (Å²) in [6.07, 6.45) is 0.403. The summed E-state index contributed by atoms with van der Waals surface area (Å²) in [5.41, 5.74) is 1.25. The molecule has 2 fully saturated rings. The Bertz CT molecular complexity index is 1850. The van der Waals surface area contributed by atoms with Crippen LogP contribution in [0.25, 0.3) is 22.0 Å². The number of pyridine rings is 1. The van der Waals surface area contributed by atoms with E-state index in [-0.39, 0.29) is 24.9 Å². The molecule has 0 unspecified atom stereocenters. The number of benzene rings is 2. The lowest BCUT2D eigenvalue weighted by Crippen LogP contribution is -2.50. The van der Waals surface area contributed by atoms with Gasteiger partial charge >= 0.3 is 6.09 Å². The molecule has 0 radical (unpaired) electrons. The Morgan fingerprint density at radius 1 is 1.02 bits per heavy atom. The van der Waals surface area contributed by atoms with Gasteiger partial charge in [0.15, 0.2) is 5.58 Å². The zero-order valence-corrected chi connectivity index (χ0v) is 28.4. The van der Waals surface area contributed by atoms with Crippen molar-refractivity contribution in [2.45, 2.75) is 51.4 Å². The lowest BCUT2D eigenvalue weighted by molar-refractivity contribution is -0.130. The second-order valence-electron chi connectivity index (χ2n) is 13.5. The predicted octanol–water partition coefficient (Wildman–Crippen LogP) is 4.25. The molecule has 0 spiro atoms. The van der Waals surface area contributed by atoms with E-state index < -0.39 is 42.0 Å². The van der Waals surface area contributed by atoms with Crippen LogP contribution in [0.5, 0.6) is 5.75 Å². The molecule has 2 aliphatic rings. The highest BCUT2D eigenvalue weighted by Crippen LogP contribution is 2.26. The molecule has 0 bridgehead atoms. The van der Waals surface area contributed by atoms with Crippen LogP contribution in [-0.2, 0) is 9.53 Å². The summed E-state index contributed by atoms with van der Waals surface area (Å²) >= 11 is 0. The van der Waals surface area contributed by atoms with Gasteiger partial charge in [-0.2, -0.15) is 0 Å². The van der Waals surface area contributed by atoms with Gasteiger partial charge in [0.05, 0.1) is 30.8 Å². The summed E-state index contributed by atoms with van der Waals surface area (Å²) < 4.78 is 31.6. The van der Waals surface area contributed by atoms with Gasteiger partial charge in [0.1, 0.15) is 29.1 Å². The topological polar surface area (TPSA) is 147 Å². The molecule has 14 heteroatoms. The molecule has 50 heavy (non-hydrogen) atoms. The molecular weight excluding hydrogens is 647 g/mol. The number of halogens is 1. The normalized spacial score (nSPS) is 18.4. The van der Waals surface area contributed by atoms with Crippen molar-refractivity contribution in [2.75, 3.05) is 52.4 Å². The number of likely N-dealkylation sites (tertiary alicyclic amines) is 1. The molecule has 1 N–H and O–H groups in total. The lowest BCUT2D eigenvalue weighted by atomic mass is 10.1. The van der Waals surface area contributed by atoms with Crippen LogP contribution in [0, 0.1) is 0 Å². The molecule has 2 atom stereocenters. The Morgan fingerprint density at radius 3 is 2.56 bits per heavy atom. The number of alkyl halides is 1. The number of para-hydroxylation sites is 2. The lowest BCUT2D eigenvalue weighted by Gasteiger charge is -2.35. The molecule has 4 heterocycles. The fraction of sp³-hybridized carbons (Fsp3) is 0.444. The first-order chi connectivity index (χ1) is 23.9. The minimum Gasteiger partial charge on any atom is -0.494 e. The van der Waals surface area contributed by atoms with Gasteiger partial charge in [-0.25, -0.2) is 14.2 Å². The first-order valence-corrected chi connectivity index (χ1v) is 16.8.